The van der Waals surface area contributed by atoms with E-state index in [-0.39, 0.29) is 6.61 Å². The highest BCUT2D eigenvalue weighted by molar-refractivity contribution is 5.91. The van der Waals surface area contributed by atoms with Gasteiger partial charge in [-0.05, 0) is 42.3 Å². The minimum absolute atomic E-state index is 0.0628. The summed E-state index contributed by atoms with van der Waals surface area (Å²) >= 11 is 0. The smallest absolute Gasteiger partial charge is 0.343 e. The fraction of sp³-hybridized carbons (Fsp3) is 0.188. The van der Waals surface area contributed by atoms with Crippen LogP contribution in [0.5, 0.6) is 11.5 Å². The molecule has 0 saturated carbocycles. The molecule has 0 heterocycles. The minimum Gasteiger partial charge on any atom is -0.497 e. The average molecular weight is 272 g/mol. The fourth-order valence-electron chi connectivity index (χ4n) is 1.81. The molecule has 20 heavy (non-hydrogen) atoms. The van der Waals surface area contributed by atoms with Crippen molar-refractivity contribution in [2.45, 2.75) is 6.42 Å². The normalized spacial score (nSPS) is 10.1. The summed E-state index contributed by atoms with van der Waals surface area (Å²) in [5.74, 6) is 0.627. The van der Waals surface area contributed by atoms with Gasteiger partial charge in [0.05, 0.1) is 12.7 Å². The second-order valence-electron chi connectivity index (χ2n) is 4.24. The van der Waals surface area contributed by atoms with Gasteiger partial charge in [-0.2, -0.15) is 0 Å². The Hall–Kier alpha value is -2.33. The van der Waals surface area contributed by atoms with Gasteiger partial charge >= 0.3 is 5.97 Å². The zero-order chi connectivity index (χ0) is 14.4. The number of methoxy groups -OCH3 is 1. The van der Waals surface area contributed by atoms with Crippen LogP contribution in [0.3, 0.4) is 0 Å². The summed E-state index contributed by atoms with van der Waals surface area (Å²) in [6.45, 7) is 0.0628. The van der Waals surface area contributed by atoms with Crippen molar-refractivity contribution in [3.05, 3.63) is 59.7 Å². The van der Waals surface area contributed by atoms with E-state index in [4.69, 9.17) is 14.6 Å². The van der Waals surface area contributed by atoms with Crippen molar-refractivity contribution in [3.8, 4) is 11.5 Å². The average Bonchev–Trinajstić information content (AvgIpc) is 2.48. The van der Waals surface area contributed by atoms with E-state index in [0.717, 1.165) is 5.56 Å². The molecule has 1 N–H and O–H groups in total. The fourth-order valence-corrected chi connectivity index (χ4v) is 1.81. The van der Waals surface area contributed by atoms with Crippen LogP contribution in [0.15, 0.2) is 48.5 Å². The monoisotopic (exact) mass is 272 g/mol. The van der Waals surface area contributed by atoms with Crippen LogP contribution < -0.4 is 9.47 Å². The summed E-state index contributed by atoms with van der Waals surface area (Å²) in [5.41, 5.74) is 1.35. The maximum atomic E-state index is 12.0. The first-order valence-electron chi connectivity index (χ1n) is 6.29. The molecule has 4 nitrogen and oxygen atoms in total. The van der Waals surface area contributed by atoms with E-state index in [9.17, 15) is 4.79 Å². The number of hydrogen-bond acceptors (Lipinski definition) is 4. The molecule has 2 rings (SSSR count). The zero-order valence-electron chi connectivity index (χ0n) is 11.2. The summed E-state index contributed by atoms with van der Waals surface area (Å²) in [5, 5.41) is 8.91. The summed E-state index contributed by atoms with van der Waals surface area (Å²) in [6, 6.07) is 13.9. The molecular weight excluding hydrogens is 256 g/mol. The van der Waals surface area contributed by atoms with Crippen molar-refractivity contribution in [3.63, 3.8) is 0 Å². The lowest BCUT2D eigenvalue weighted by Gasteiger charge is -2.07. The topological polar surface area (TPSA) is 55.8 Å². The highest BCUT2D eigenvalue weighted by Crippen LogP contribution is 2.18. The van der Waals surface area contributed by atoms with Crippen molar-refractivity contribution in [2.75, 3.05) is 13.7 Å². The Kier molecular flexibility index (Phi) is 4.74. The maximum Gasteiger partial charge on any atom is 0.343 e. The molecule has 0 atom stereocenters. The quantitative estimate of drug-likeness (QED) is 0.671. The molecule has 0 aliphatic heterocycles. The van der Waals surface area contributed by atoms with Crippen molar-refractivity contribution in [1.29, 1.82) is 0 Å². The molecule has 0 aliphatic carbocycles. The first kappa shape index (κ1) is 14.1. The molecule has 0 bridgehead atoms. The van der Waals surface area contributed by atoms with E-state index in [1.165, 1.54) is 0 Å². The third kappa shape index (κ3) is 3.59. The van der Waals surface area contributed by atoms with Crippen LogP contribution in [-0.2, 0) is 6.42 Å². The van der Waals surface area contributed by atoms with Gasteiger partial charge in [-0.1, -0.05) is 18.2 Å². The largest absolute Gasteiger partial charge is 0.497 e. The second-order valence-corrected chi connectivity index (χ2v) is 4.24. The Morgan fingerprint density at radius 3 is 2.60 bits per heavy atom. The Bertz CT molecular complexity index is 593. The number of carbonyl (C=O) groups excluding carboxylic acids is 1. The molecule has 0 radical (unpaired) electrons. The Morgan fingerprint density at radius 2 is 1.85 bits per heavy atom. The van der Waals surface area contributed by atoms with Crippen LogP contribution in [0.4, 0.5) is 0 Å². The molecule has 0 fully saturated rings. The third-order valence-electron chi connectivity index (χ3n) is 2.81. The van der Waals surface area contributed by atoms with Crippen LogP contribution in [0.2, 0.25) is 0 Å². The molecule has 4 heteroatoms. The summed E-state index contributed by atoms with van der Waals surface area (Å²) < 4.78 is 10.4. The first-order valence-corrected chi connectivity index (χ1v) is 6.29. The number of benzene rings is 2. The molecule has 0 unspecified atom stereocenters. The first-order chi connectivity index (χ1) is 9.72. The van der Waals surface area contributed by atoms with Crippen LogP contribution in [0.1, 0.15) is 15.9 Å². The summed E-state index contributed by atoms with van der Waals surface area (Å²) in [4.78, 5) is 12.0. The second kappa shape index (κ2) is 6.73. The number of rotatable bonds is 5. The predicted molar refractivity (Wildman–Crippen MR) is 75.2 cm³/mol. The standard InChI is InChI=1S/C16H16O4/c1-19-14-6-3-5-13(11-14)16(18)20-15-7-2-4-12(10-15)8-9-17/h2-7,10-11,17H,8-9H2,1H3. The van der Waals surface area contributed by atoms with Crippen LogP contribution >= 0.6 is 0 Å². The number of aliphatic hydroxyl groups is 1. The zero-order valence-corrected chi connectivity index (χ0v) is 11.2. The van der Waals surface area contributed by atoms with Gasteiger partial charge in [0.2, 0.25) is 0 Å². The molecule has 0 aromatic heterocycles. The Morgan fingerprint density at radius 1 is 1.10 bits per heavy atom. The third-order valence-corrected chi connectivity index (χ3v) is 2.81. The number of carbonyl (C=O) groups is 1. The van der Waals surface area contributed by atoms with Crippen molar-refractivity contribution < 1.29 is 19.4 Å². The van der Waals surface area contributed by atoms with Gasteiger partial charge in [0, 0.05) is 6.61 Å². The molecule has 0 saturated heterocycles. The van der Waals surface area contributed by atoms with Gasteiger partial charge in [0.25, 0.3) is 0 Å². The lowest BCUT2D eigenvalue weighted by atomic mass is 10.1. The molecule has 2 aromatic rings. The summed E-state index contributed by atoms with van der Waals surface area (Å²) in [7, 11) is 1.54. The molecule has 0 aliphatic rings. The number of ether oxygens (including phenoxy) is 2. The molecule has 2 aromatic carbocycles. The highest BCUT2D eigenvalue weighted by atomic mass is 16.5. The van der Waals surface area contributed by atoms with Gasteiger partial charge < -0.3 is 14.6 Å². The van der Waals surface area contributed by atoms with E-state index in [2.05, 4.69) is 0 Å². The molecule has 0 spiro atoms. The number of aliphatic hydroxyl groups excluding tert-OH is 1. The van der Waals surface area contributed by atoms with Gasteiger partial charge in [0.1, 0.15) is 11.5 Å². The SMILES string of the molecule is COc1cccc(C(=O)Oc2cccc(CCO)c2)c1. The highest BCUT2D eigenvalue weighted by Gasteiger charge is 2.09. The van der Waals surface area contributed by atoms with E-state index in [0.29, 0.717) is 23.5 Å². The molecule has 104 valence electrons. The number of hydrogen-bond donors (Lipinski definition) is 1. The lowest BCUT2D eigenvalue weighted by molar-refractivity contribution is 0.0734. The lowest BCUT2D eigenvalue weighted by Crippen LogP contribution is -2.08. The van der Waals surface area contributed by atoms with Crippen molar-refractivity contribution >= 4 is 5.97 Å². The number of esters is 1. The van der Waals surface area contributed by atoms with E-state index >= 15 is 0 Å². The molecular formula is C16H16O4. The van der Waals surface area contributed by atoms with Crippen molar-refractivity contribution in [1.82, 2.24) is 0 Å². The van der Waals surface area contributed by atoms with Crippen LogP contribution in [-0.4, -0.2) is 24.8 Å². The van der Waals surface area contributed by atoms with E-state index < -0.39 is 5.97 Å². The molecule has 0 amide bonds. The predicted octanol–water partition coefficient (Wildman–Crippen LogP) is 2.45. The van der Waals surface area contributed by atoms with Crippen LogP contribution in [0.25, 0.3) is 0 Å². The Labute approximate surface area is 117 Å². The van der Waals surface area contributed by atoms with Crippen LogP contribution in [0, 0.1) is 0 Å². The van der Waals surface area contributed by atoms with E-state index in [1.54, 1.807) is 49.6 Å². The van der Waals surface area contributed by atoms with Gasteiger partial charge in [-0.3, -0.25) is 0 Å². The minimum atomic E-state index is -0.440. The Balaban J connectivity index is 2.12. The van der Waals surface area contributed by atoms with Gasteiger partial charge in [-0.15, -0.1) is 0 Å². The van der Waals surface area contributed by atoms with Gasteiger partial charge in [0.15, 0.2) is 0 Å². The van der Waals surface area contributed by atoms with Gasteiger partial charge in [-0.25, -0.2) is 4.79 Å². The van der Waals surface area contributed by atoms with Crippen molar-refractivity contribution in [2.24, 2.45) is 0 Å². The van der Waals surface area contributed by atoms with E-state index in [1.807, 2.05) is 6.07 Å². The summed E-state index contributed by atoms with van der Waals surface area (Å²) in [6.07, 6.45) is 0.532. The maximum absolute atomic E-state index is 12.0.